The minimum absolute atomic E-state index is 0.536. The molecule has 3 N–H and O–H groups in total. The van der Waals surface area contributed by atoms with Crippen molar-refractivity contribution in [2.45, 2.75) is 51.1 Å². The van der Waals surface area contributed by atoms with Crippen molar-refractivity contribution in [1.29, 1.82) is 0 Å². The molecule has 0 aliphatic heterocycles. The summed E-state index contributed by atoms with van der Waals surface area (Å²) in [7, 11) is 0. The third-order valence-electron chi connectivity index (χ3n) is 3.34. The second-order valence-corrected chi connectivity index (χ2v) is 4.87. The molecule has 1 aliphatic rings. The van der Waals surface area contributed by atoms with Crippen LogP contribution in [0.15, 0.2) is 23.5 Å². The van der Waals surface area contributed by atoms with Gasteiger partial charge in [0.2, 0.25) is 0 Å². The van der Waals surface area contributed by atoms with Crippen molar-refractivity contribution in [3.8, 4) is 0 Å². The minimum atomic E-state index is 0.536. The number of aryl methyl sites for hydroxylation is 1. The second-order valence-electron chi connectivity index (χ2n) is 4.87. The Kier molecular flexibility index (Phi) is 5.05. The number of nitrogens with zero attached hydrogens (tertiary/aromatic N) is 3. The van der Waals surface area contributed by atoms with E-state index in [0.717, 1.165) is 19.5 Å². The van der Waals surface area contributed by atoms with Crippen molar-refractivity contribution >= 4 is 5.96 Å². The molecule has 18 heavy (non-hydrogen) atoms. The monoisotopic (exact) mass is 249 g/mol. The SMILES string of the molecule is NC(=NCCCn1cccn1)NC1CCCCC1. The third-order valence-corrected chi connectivity index (χ3v) is 3.34. The summed E-state index contributed by atoms with van der Waals surface area (Å²) in [6.07, 6.45) is 11.2. The highest BCUT2D eigenvalue weighted by molar-refractivity contribution is 5.78. The zero-order chi connectivity index (χ0) is 12.6. The number of hydrogen-bond donors (Lipinski definition) is 2. The number of guanidine groups is 1. The van der Waals surface area contributed by atoms with E-state index in [0.29, 0.717) is 12.0 Å². The van der Waals surface area contributed by atoms with Gasteiger partial charge in [0.05, 0.1) is 0 Å². The lowest BCUT2D eigenvalue weighted by Crippen LogP contribution is -2.41. The van der Waals surface area contributed by atoms with Crippen molar-refractivity contribution in [2.24, 2.45) is 10.7 Å². The fraction of sp³-hybridized carbons (Fsp3) is 0.692. The summed E-state index contributed by atoms with van der Waals surface area (Å²) in [6, 6.07) is 2.47. The first kappa shape index (κ1) is 12.9. The standard InChI is InChI=1S/C13H23N5/c14-13(17-12-6-2-1-3-7-12)15-8-4-10-18-11-5-9-16-18/h5,9,11-12H,1-4,6-8,10H2,(H3,14,15,17). The molecule has 1 aromatic rings. The molecular formula is C13H23N5. The van der Waals surface area contributed by atoms with Crippen LogP contribution in [0.3, 0.4) is 0 Å². The predicted molar refractivity (Wildman–Crippen MR) is 73.3 cm³/mol. The molecule has 0 aromatic carbocycles. The van der Waals surface area contributed by atoms with Gasteiger partial charge in [0.1, 0.15) is 0 Å². The van der Waals surface area contributed by atoms with Crippen molar-refractivity contribution in [1.82, 2.24) is 15.1 Å². The Hall–Kier alpha value is -1.52. The van der Waals surface area contributed by atoms with Crippen LogP contribution in [-0.2, 0) is 6.54 Å². The van der Waals surface area contributed by atoms with Crippen molar-refractivity contribution in [2.75, 3.05) is 6.54 Å². The Balaban J connectivity index is 1.62. The summed E-state index contributed by atoms with van der Waals surface area (Å²) in [5, 5.41) is 7.47. The first-order valence-corrected chi connectivity index (χ1v) is 6.88. The summed E-state index contributed by atoms with van der Waals surface area (Å²) >= 11 is 0. The molecular weight excluding hydrogens is 226 g/mol. The Morgan fingerprint density at radius 2 is 2.22 bits per heavy atom. The number of hydrogen-bond acceptors (Lipinski definition) is 2. The van der Waals surface area contributed by atoms with Gasteiger partial charge >= 0.3 is 0 Å². The van der Waals surface area contributed by atoms with Crippen LogP contribution < -0.4 is 11.1 Å². The smallest absolute Gasteiger partial charge is 0.188 e. The van der Waals surface area contributed by atoms with Gasteiger partial charge < -0.3 is 11.1 Å². The Bertz CT molecular complexity index is 351. The molecule has 0 atom stereocenters. The molecule has 0 radical (unpaired) electrons. The molecule has 1 aliphatic carbocycles. The zero-order valence-electron chi connectivity index (χ0n) is 10.9. The fourth-order valence-electron chi connectivity index (χ4n) is 2.37. The van der Waals surface area contributed by atoms with Gasteiger partial charge in [0.15, 0.2) is 5.96 Å². The van der Waals surface area contributed by atoms with Gasteiger partial charge in [0, 0.05) is 31.5 Å². The molecule has 1 heterocycles. The molecule has 5 heteroatoms. The van der Waals surface area contributed by atoms with Gasteiger partial charge in [-0.15, -0.1) is 0 Å². The van der Waals surface area contributed by atoms with Gasteiger partial charge in [-0.2, -0.15) is 5.10 Å². The van der Waals surface area contributed by atoms with Gasteiger partial charge in [-0.25, -0.2) is 0 Å². The van der Waals surface area contributed by atoms with Crippen LogP contribution in [0.1, 0.15) is 38.5 Å². The minimum Gasteiger partial charge on any atom is -0.370 e. The summed E-state index contributed by atoms with van der Waals surface area (Å²) in [5.41, 5.74) is 5.88. The van der Waals surface area contributed by atoms with E-state index in [1.54, 1.807) is 6.20 Å². The highest BCUT2D eigenvalue weighted by Gasteiger charge is 2.12. The van der Waals surface area contributed by atoms with Crippen molar-refractivity contribution < 1.29 is 0 Å². The summed E-state index contributed by atoms with van der Waals surface area (Å²) in [6.45, 7) is 1.65. The van der Waals surface area contributed by atoms with Crippen LogP contribution in [0.2, 0.25) is 0 Å². The Morgan fingerprint density at radius 3 is 2.94 bits per heavy atom. The van der Waals surface area contributed by atoms with E-state index in [4.69, 9.17) is 5.73 Å². The molecule has 1 aromatic heterocycles. The van der Waals surface area contributed by atoms with Crippen LogP contribution in [0.4, 0.5) is 0 Å². The molecule has 0 amide bonds. The summed E-state index contributed by atoms with van der Waals surface area (Å²) in [4.78, 5) is 4.36. The van der Waals surface area contributed by atoms with Crippen LogP contribution in [-0.4, -0.2) is 28.3 Å². The molecule has 5 nitrogen and oxygen atoms in total. The van der Waals surface area contributed by atoms with Gasteiger partial charge in [-0.3, -0.25) is 9.67 Å². The van der Waals surface area contributed by atoms with E-state index >= 15 is 0 Å². The highest BCUT2D eigenvalue weighted by atomic mass is 15.3. The first-order valence-electron chi connectivity index (χ1n) is 6.88. The maximum Gasteiger partial charge on any atom is 0.188 e. The van der Waals surface area contributed by atoms with E-state index in [-0.39, 0.29) is 0 Å². The Morgan fingerprint density at radius 1 is 1.39 bits per heavy atom. The lowest BCUT2D eigenvalue weighted by molar-refractivity contribution is 0.412. The average Bonchev–Trinajstić information content (AvgIpc) is 2.89. The zero-order valence-corrected chi connectivity index (χ0v) is 10.9. The lowest BCUT2D eigenvalue weighted by Gasteiger charge is -2.23. The number of nitrogens with one attached hydrogen (secondary N) is 1. The molecule has 2 rings (SSSR count). The van der Waals surface area contributed by atoms with E-state index in [1.165, 1.54) is 32.1 Å². The van der Waals surface area contributed by atoms with Crippen LogP contribution >= 0.6 is 0 Å². The Labute approximate surface area is 108 Å². The summed E-state index contributed by atoms with van der Waals surface area (Å²) in [5.74, 6) is 0.599. The van der Waals surface area contributed by atoms with Crippen LogP contribution in [0.5, 0.6) is 0 Å². The third kappa shape index (κ3) is 4.39. The second kappa shape index (κ2) is 7.03. The average molecular weight is 249 g/mol. The highest BCUT2D eigenvalue weighted by Crippen LogP contribution is 2.16. The van der Waals surface area contributed by atoms with Crippen LogP contribution in [0, 0.1) is 0 Å². The normalized spacial score (nSPS) is 17.9. The topological polar surface area (TPSA) is 68.2 Å². The maximum absolute atomic E-state index is 5.88. The molecule has 100 valence electrons. The van der Waals surface area contributed by atoms with E-state index in [9.17, 15) is 0 Å². The molecule has 0 spiro atoms. The van der Waals surface area contributed by atoms with E-state index in [2.05, 4.69) is 15.4 Å². The maximum atomic E-state index is 5.88. The van der Waals surface area contributed by atoms with Gasteiger partial charge in [-0.1, -0.05) is 19.3 Å². The molecule has 0 saturated heterocycles. The molecule has 0 bridgehead atoms. The lowest BCUT2D eigenvalue weighted by atomic mass is 9.96. The molecule has 1 saturated carbocycles. The predicted octanol–water partition coefficient (Wildman–Crippen LogP) is 1.51. The van der Waals surface area contributed by atoms with Crippen molar-refractivity contribution in [3.05, 3.63) is 18.5 Å². The van der Waals surface area contributed by atoms with Crippen molar-refractivity contribution in [3.63, 3.8) is 0 Å². The molecule has 1 fully saturated rings. The van der Waals surface area contributed by atoms with Gasteiger partial charge in [0.25, 0.3) is 0 Å². The van der Waals surface area contributed by atoms with E-state index < -0.39 is 0 Å². The molecule has 0 unspecified atom stereocenters. The number of aromatic nitrogens is 2. The number of nitrogens with two attached hydrogens (primary N) is 1. The van der Waals surface area contributed by atoms with E-state index in [1.807, 2.05) is 16.9 Å². The first-order chi connectivity index (χ1) is 8.84. The fourth-order valence-corrected chi connectivity index (χ4v) is 2.37. The largest absolute Gasteiger partial charge is 0.370 e. The number of aliphatic imine (C=N–C) groups is 1. The quantitative estimate of drug-likeness (QED) is 0.472. The van der Waals surface area contributed by atoms with Crippen LogP contribution in [0.25, 0.3) is 0 Å². The summed E-state index contributed by atoms with van der Waals surface area (Å²) < 4.78 is 1.92. The van der Waals surface area contributed by atoms with Gasteiger partial charge in [-0.05, 0) is 25.3 Å². The number of rotatable bonds is 5.